The summed E-state index contributed by atoms with van der Waals surface area (Å²) in [6, 6.07) is 0.648. The first kappa shape index (κ1) is 10.9. The third kappa shape index (κ3) is 4.69. The number of hydrogen-bond acceptors (Lipinski definition) is 1. The molecule has 0 aromatic carbocycles. The molecule has 3 heteroatoms. The van der Waals surface area contributed by atoms with E-state index >= 15 is 0 Å². The highest BCUT2D eigenvalue weighted by Crippen LogP contribution is 2.20. The van der Waals surface area contributed by atoms with Crippen LogP contribution in [-0.4, -0.2) is 8.99 Å². The number of nitrogens with zero attached hydrogens (tertiary/aromatic N) is 1. The quantitative estimate of drug-likeness (QED) is 0.687. The smallest absolute Gasteiger partial charge is 0.0321 e. The third-order valence-electron chi connectivity index (χ3n) is 1.52. The molecular weight excluding hydrogens is 258 g/mol. The Balaban J connectivity index is 3.50. The van der Waals surface area contributed by atoms with Crippen molar-refractivity contribution in [2.75, 3.05) is 0 Å². The Bertz CT molecular complexity index is 70.0. The molecular formula is C7H15Br2N. The van der Waals surface area contributed by atoms with E-state index in [1.54, 1.807) is 0 Å². The monoisotopic (exact) mass is 271 g/mol. The van der Waals surface area contributed by atoms with Gasteiger partial charge in [0.1, 0.15) is 0 Å². The molecule has 0 heterocycles. The minimum atomic E-state index is 0.648. The molecule has 0 radical (unpaired) electrons. The molecule has 0 aliphatic rings. The van der Waals surface area contributed by atoms with Crippen LogP contribution in [0.5, 0.6) is 0 Å². The number of halogens is 2. The summed E-state index contributed by atoms with van der Waals surface area (Å²) in [4.78, 5) is 0. The zero-order valence-electron chi connectivity index (χ0n) is 6.61. The lowest BCUT2D eigenvalue weighted by Crippen LogP contribution is -2.17. The van der Waals surface area contributed by atoms with Crippen LogP contribution in [-0.2, 0) is 0 Å². The molecule has 0 aliphatic carbocycles. The fraction of sp³-hybridized carbons (Fsp3) is 1.00. The second-order valence-electron chi connectivity index (χ2n) is 2.49. The van der Waals surface area contributed by atoms with E-state index in [4.69, 9.17) is 0 Å². The highest BCUT2D eigenvalue weighted by atomic mass is 79.9. The summed E-state index contributed by atoms with van der Waals surface area (Å²) < 4.78 is 1.97. The van der Waals surface area contributed by atoms with Crippen LogP contribution in [0.4, 0.5) is 0 Å². The van der Waals surface area contributed by atoms with Crippen LogP contribution in [0, 0.1) is 0 Å². The summed E-state index contributed by atoms with van der Waals surface area (Å²) in [5.41, 5.74) is 0. The predicted molar refractivity (Wildman–Crippen MR) is 53.3 cm³/mol. The molecule has 1 nitrogen and oxygen atoms in total. The highest BCUT2D eigenvalue weighted by Gasteiger charge is 2.10. The molecule has 0 bridgehead atoms. The molecule has 62 valence electrons. The van der Waals surface area contributed by atoms with Crippen LogP contribution >= 0.6 is 32.3 Å². The molecule has 0 spiro atoms. The molecule has 0 N–H and O–H groups in total. The summed E-state index contributed by atoms with van der Waals surface area (Å²) in [6.45, 7) is 4.43. The van der Waals surface area contributed by atoms with Crippen LogP contribution in [0.1, 0.15) is 39.5 Å². The van der Waals surface area contributed by atoms with Gasteiger partial charge in [-0.3, -0.25) is 0 Å². The van der Waals surface area contributed by atoms with Gasteiger partial charge in [0, 0.05) is 38.3 Å². The zero-order chi connectivity index (χ0) is 7.98. The van der Waals surface area contributed by atoms with E-state index in [0.29, 0.717) is 6.04 Å². The van der Waals surface area contributed by atoms with Crippen molar-refractivity contribution >= 4 is 32.3 Å². The van der Waals surface area contributed by atoms with Crippen LogP contribution < -0.4 is 0 Å². The first-order chi connectivity index (χ1) is 4.72. The lowest BCUT2D eigenvalue weighted by molar-refractivity contribution is 0.451. The van der Waals surface area contributed by atoms with Crippen LogP contribution in [0.2, 0.25) is 0 Å². The van der Waals surface area contributed by atoms with Crippen molar-refractivity contribution in [3.63, 3.8) is 0 Å². The Hall–Kier alpha value is 0.920. The molecule has 0 saturated heterocycles. The Kier molecular flexibility index (Phi) is 7.23. The molecule has 0 atom stereocenters. The van der Waals surface area contributed by atoms with Crippen molar-refractivity contribution in [3.8, 4) is 0 Å². The van der Waals surface area contributed by atoms with Gasteiger partial charge in [-0.15, -0.1) is 0 Å². The van der Waals surface area contributed by atoms with Gasteiger partial charge in [0.25, 0.3) is 0 Å². The van der Waals surface area contributed by atoms with E-state index in [1.807, 2.05) is 2.95 Å². The summed E-state index contributed by atoms with van der Waals surface area (Å²) in [5.74, 6) is 0. The maximum atomic E-state index is 3.39. The molecule has 0 fully saturated rings. The fourth-order valence-corrected chi connectivity index (χ4v) is 1.82. The Morgan fingerprint density at radius 2 is 1.50 bits per heavy atom. The second kappa shape index (κ2) is 6.62. The van der Waals surface area contributed by atoms with E-state index in [-0.39, 0.29) is 0 Å². The maximum absolute atomic E-state index is 3.39. The average molecular weight is 273 g/mol. The van der Waals surface area contributed by atoms with Crippen molar-refractivity contribution in [2.45, 2.75) is 45.6 Å². The first-order valence-electron chi connectivity index (χ1n) is 3.83. The number of rotatable bonds is 5. The van der Waals surface area contributed by atoms with Gasteiger partial charge >= 0.3 is 0 Å². The van der Waals surface area contributed by atoms with Gasteiger partial charge in [-0.05, 0) is 12.8 Å². The zero-order valence-corrected chi connectivity index (χ0v) is 9.78. The van der Waals surface area contributed by atoms with Crippen molar-refractivity contribution in [1.82, 2.24) is 2.95 Å². The molecule has 0 aromatic heterocycles. The van der Waals surface area contributed by atoms with Gasteiger partial charge in [0.15, 0.2) is 0 Å². The molecule has 10 heavy (non-hydrogen) atoms. The molecule has 0 saturated carbocycles. The average Bonchev–Trinajstić information content (AvgIpc) is 1.87. The van der Waals surface area contributed by atoms with Crippen molar-refractivity contribution in [2.24, 2.45) is 0 Å². The van der Waals surface area contributed by atoms with E-state index in [2.05, 4.69) is 46.1 Å². The Morgan fingerprint density at radius 3 is 1.70 bits per heavy atom. The standard InChI is InChI=1S/C7H15Br2N/c1-3-5-7(6-4-2)10(8)9/h7H,3-6H2,1-2H3. The molecule has 0 rings (SSSR count). The molecule has 0 amide bonds. The Labute approximate surface area is 80.8 Å². The van der Waals surface area contributed by atoms with Crippen LogP contribution in [0.15, 0.2) is 0 Å². The summed E-state index contributed by atoms with van der Waals surface area (Å²) in [5, 5.41) is 0. The van der Waals surface area contributed by atoms with Crippen LogP contribution in [0.25, 0.3) is 0 Å². The van der Waals surface area contributed by atoms with Gasteiger partial charge in [-0.25, -0.2) is 0 Å². The van der Waals surface area contributed by atoms with E-state index < -0.39 is 0 Å². The summed E-state index contributed by atoms with van der Waals surface area (Å²) in [6.07, 6.45) is 5.01. The van der Waals surface area contributed by atoms with E-state index in [0.717, 1.165) is 0 Å². The highest BCUT2D eigenvalue weighted by molar-refractivity contribution is 9.21. The SMILES string of the molecule is CCCC(CCC)N(Br)Br. The predicted octanol–water partition coefficient (Wildman–Crippen LogP) is 3.88. The summed E-state index contributed by atoms with van der Waals surface area (Å²) >= 11 is 6.79. The fourth-order valence-electron chi connectivity index (χ4n) is 1.01. The van der Waals surface area contributed by atoms with E-state index in [9.17, 15) is 0 Å². The summed E-state index contributed by atoms with van der Waals surface area (Å²) in [7, 11) is 0. The maximum Gasteiger partial charge on any atom is 0.0321 e. The van der Waals surface area contributed by atoms with Gasteiger partial charge in [-0.1, -0.05) is 26.7 Å². The Morgan fingerprint density at radius 1 is 1.10 bits per heavy atom. The van der Waals surface area contributed by atoms with Crippen molar-refractivity contribution in [3.05, 3.63) is 0 Å². The molecule has 0 unspecified atom stereocenters. The second-order valence-corrected chi connectivity index (χ2v) is 4.97. The minimum Gasteiger partial charge on any atom is -0.175 e. The first-order valence-corrected chi connectivity index (χ1v) is 5.25. The van der Waals surface area contributed by atoms with Gasteiger partial charge in [0.05, 0.1) is 0 Å². The molecule has 0 aromatic rings. The van der Waals surface area contributed by atoms with Crippen LogP contribution in [0.3, 0.4) is 0 Å². The molecule has 0 aliphatic heterocycles. The minimum absolute atomic E-state index is 0.648. The normalized spacial score (nSPS) is 11.4. The van der Waals surface area contributed by atoms with Crippen molar-refractivity contribution in [1.29, 1.82) is 0 Å². The van der Waals surface area contributed by atoms with Crippen molar-refractivity contribution < 1.29 is 0 Å². The lowest BCUT2D eigenvalue weighted by Gasteiger charge is -2.18. The van der Waals surface area contributed by atoms with E-state index in [1.165, 1.54) is 25.7 Å². The van der Waals surface area contributed by atoms with Gasteiger partial charge in [-0.2, -0.15) is 2.95 Å². The third-order valence-corrected chi connectivity index (χ3v) is 2.68. The van der Waals surface area contributed by atoms with Gasteiger partial charge in [0.2, 0.25) is 0 Å². The largest absolute Gasteiger partial charge is 0.175 e. The van der Waals surface area contributed by atoms with Gasteiger partial charge < -0.3 is 0 Å². The number of hydrogen-bond donors (Lipinski definition) is 0. The topological polar surface area (TPSA) is 3.24 Å². The lowest BCUT2D eigenvalue weighted by atomic mass is 10.1.